The fourth-order valence-electron chi connectivity index (χ4n) is 1.73. The molecule has 0 aliphatic rings. The SMILES string of the molecule is CC(=O)Nc1ccc(NCc2cncnc2)cc1C. The quantitative estimate of drug-likeness (QED) is 0.881. The number of benzene rings is 1. The Hall–Kier alpha value is -2.43. The Morgan fingerprint density at radius 3 is 2.63 bits per heavy atom. The second kappa shape index (κ2) is 5.95. The van der Waals surface area contributed by atoms with E-state index in [2.05, 4.69) is 20.6 Å². The van der Waals surface area contributed by atoms with Gasteiger partial charge in [0.05, 0.1) is 0 Å². The Labute approximate surface area is 112 Å². The first-order valence-electron chi connectivity index (χ1n) is 6.01. The van der Waals surface area contributed by atoms with Gasteiger partial charge in [0.25, 0.3) is 0 Å². The van der Waals surface area contributed by atoms with Crippen LogP contribution >= 0.6 is 0 Å². The highest BCUT2D eigenvalue weighted by Gasteiger charge is 2.01. The number of hydrogen-bond donors (Lipinski definition) is 2. The summed E-state index contributed by atoms with van der Waals surface area (Å²) in [7, 11) is 0. The number of aromatic nitrogens is 2. The molecule has 0 atom stereocenters. The van der Waals surface area contributed by atoms with Crippen LogP contribution in [-0.2, 0) is 11.3 Å². The maximum absolute atomic E-state index is 11.0. The number of aryl methyl sites for hydroxylation is 1. The summed E-state index contributed by atoms with van der Waals surface area (Å²) in [6, 6.07) is 5.82. The fraction of sp³-hybridized carbons (Fsp3) is 0.214. The third kappa shape index (κ3) is 3.77. The second-order valence-corrected chi connectivity index (χ2v) is 4.31. The molecule has 5 nitrogen and oxygen atoms in total. The molecule has 0 radical (unpaired) electrons. The van der Waals surface area contributed by atoms with Crippen LogP contribution in [0.15, 0.2) is 36.9 Å². The van der Waals surface area contributed by atoms with Gasteiger partial charge in [-0.05, 0) is 30.7 Å². The Morgan fingerprint density at radius 2 is 2.00 bits per heavy atom. The lowest BCUT2D eigenvalue weighted by Gasteiger charge is -2.10. The number of anilines is 2. The van der Waals surface area contributed by atoms with Gasteiger partial charge in [0.1, 0.15) is 6.33 Å². The van der Waals surface area contributed by atoms with Crippen LogP contribution in [-0.4, -0.2) is 15.9 Å². The number of nitrogens with zero attached hydrogens (tertiary/aromatic N) is 2. The first-order chi connectivity index (χ1) is 9.15. The van der Waals surface area contributed by atoms with Crippen molar-refractivity contribution in [3.8, 4) is 0 Å². The smallest absolute Gasteiger partial charge is 0.221 e. The van der Waals surface area contributed by atoms with E-state index in [-0.39, 0.29) is 5.91 Å². The molecule has 0 spiro atoms. The molecule has 0 aliphatic carbocycles. The van der Waals surface area contributed by atoms with Gasteiger partial charge < -0.3 is 10.6 Å². The second-order valence-electron chi connectivity index (χ2n) is 4.31. The van der Waals surface area contributed by atoms with Crippen molar-refractivity contribution in [3.63, 3.8) is 0 Å². The lowest BCUT2D eigenvalue weighted by Crippen LogP contribution is -2.07. The topological polar surface area (TPSA) is 66.9 Å². The van der Waals surface area contributed by atoms with Gasteiger partial charge in [0.2, 0.25) is 5.91 Å². The molecule has 2 rings (SSSR count). The lowest BCUT2D eigenvalue weighted by atomic mass is 10.1. The molecule has 0 fully saturated rings. The van der Waals surface area contributed by atoms with Gasteiger partial charge in [-0.25, -0.2) is 9.97 Å². The zero-order valence-corrected chi connectivity index (χ0v) is 11.0. The molecular weight excluding hydrogens is 240 g/mol. The van der Waals surface area contributed by atoms with E-state index in [0.29, 0.717) is 6.54 Å². The Balaban J connectivity index is 2.02. The zero-order chi connectivity index (χ0) is 13.7. The van der Waals surface area contributed by atoms with E-state index in [0.717, 1.165) is 22.5 Å². The monoisotopic (exact) mass is 256 g/mol. The van der Waals surface area contributed by atoms with E-state index in [1.807, 2.05) is 25.1 Å². The predicted molar refractivity (Wildman–Crippen MR) is 74.8 cm³/mol. The fourth-order valence-corrected chi connectivity index (χ4v) is 1.73. The summed E-state index contributed by atoms with van der Waals surface area (Å²) in [5.74, 6) is -0.0646. The number of rotatable bonds is 4. The number of amides is 1. The molecule has 98 valence electrons. The Kier molecular flexibility index (Phi) is 4.07. The summed E-state index contributed by atoms with van der Waals surface area (Å²) < 4.78 is 0. The normalized spacial score (nSPS) is 10.0. The third-order valence-electron chi connectivity index (χ3n) is 2.65. The van der Waals surface area contributed by atoms with Gasteiger partial charge >= 0.3 is 0 Å². The van der Waals surface area contributed by atoms with E-state index in [1.54, 1.807) is 12.4 Å². The first kappa shape index (κ1) is 13.0. The minimum atomic E-state index is -0.0646. The van der Waals surface area contributed by atoms with Crippen molar-refractivity contribution in [2.75, 3.05) is 10.6 Å². The summed E-state index contributed by atoms with van der Waals surface area (Å²) in [4.78, 5) is 18.9. The van der Waals surface area contributed by atoms with Crippen molar-refractivity contribution < 1.29 is 4.79 Å². The zero-order valence-electron chi connectivity index (χ0n) is 11.0. The standard InChI is InChI=1S/C14H16N4O/c1-10-5-13(3-4-14(10)18-11(2)19)17-8-12-6-15-9-16-7-12/h3-7,9,17H,8H2,1-2H3,(H,18,19). The molecule has 0 bridgehead atoms. The van der Waals surface area contributed by atoms with Crippen LogP contribution in [0.3, 0.4) is 0 Å². The van der Waals surface area contributed by atoms with E-state index in [1.165, 1.54) is 13.3 Å². The number of carbonyl (C=O) groups excluding carboxylic acids is 1. The van der Waals surface area contributed by atoms with Crippen molar-refractivity contribution in [3.05, 3.63) is 48.0 Å². The highest BCUT2D eigenvalue weighted by Crippen LogP contribution is 2.20. The molecule has 2 N–H and O–H groups in total. The largest absolute Gasteiger partial charge is 0.381 e. The summed E-state index contributed by atoms with van der Waals surface area (Å²) in [6.07, 6.45) is 5.06. The summed E-state index contributed by atoms with van der Waals surface area (Å²) in [5, 5.41) is 6.08. The van der Waals surface area contributed by atoms with Gasteiger partial charge in [-0.2, -0.15) is 0 Å². The minimum Gasteiger partial charge on any atom is -0.381 e. The van der Waals surface area contributed by atoms with Crippen LogP contribution in [0.5, 0.6) is 0 Å². The van der Waals surface area contributed by atoms with Gasteiger partial charge in [-0.15, -0.1) is 0 Å². The number of hydrogen-bond acceptors (Lipinski definition) is 4. The predicted octanol–water partition coefficient (Wildman–Crippen LogP) is 2.36. The molecule has 1 heterocycles. The van der Waals surface area contributed by atoms with Crippen LogP contribution in [0, 0.1) is 6.92 Å². The molecule has 19 heavy (non-hydrogen) atoms. The number of carbonyl (C=O) groups is 1. The van der Waals surface area contributed by atoms with Crippen LogP contribution in [0.4, 0.5) is 11.4 Å². The maximum Gasteiger partial charge on any atom is 0.221 e. The van der Waals surface area contributed by atoms with Gasteiger partial charge in [0.15, 0.2) is 0 Å². The van der Waals surface area contributed by atoms with E-state index < -0.39 is 0 Å². The molecule has 1 aromatic carbocycles. The summed E-state index contributed by atoms with van der Waals surface area (Å²) >= 11 is 0. The average Bonchev–Trinajstić information content (AvgIpc) is 2.40. The van der Waals surface area contributed by atoms with E-state index in [9.17, 15) is 4.79 Å². The first-order valence-corrected chi connectivity index (χ1v) is 6.01. The van der Waals surface area contributed by atoms with Crippen LogP contribution in [0.1, 0.15) is 18.1 Å². The molecule has 1 amide bonds. The van der Waals surface area contributed by atoms with Crippen molar-refractivity contribution in [1.29, 1.82) is 0 Å². The third-order valence-corrected chi connectivity index (χ3v) is 2.65. The highest BCUT2D eigenvalue weighted by molar-refractivity contribution is 5.89. The minimum absolute atomic E-state index is 0.0646. The Bertz CT molecular complexity index is 569. The molecule has 0 saturated heterocycles. The van der Waals surface area contributed by atoms with Gasteiger partial charge in [0, 0.05) is 42.8 Å². The van der Waals surface area contributed by atoms with Crippen LogP contribution < -0.4 is 10.6 Å². The number of nitrogens with one attached hydrogen (secondary N) is 2. The summed E-state index contributed by atoms with van der Waals surface area (Å²) in [6.45, 7) is 4.13. The van der Waals surface area contributed by atoms with Gasteiger partial charge in [-0.1, -0.05) is 0 Å². The van der Waals surface area contributed by atoms with Crippen molar-refractivity contribution in [1.82, 2.24) is 9.97 Å². The molecule has 0 aliphatic heterocycles. The van der Waals surface area contributed by atoms with E-state index in [4.69, 9.17) is 0 Å². The molecule has 0 saturated carbocycles. The molecular formula is C14H16N4O. The highest BCUT2D eigenvalue weighted by atomic mass is 16.1. The van der Waals surface area contributed by atoms with Crippen LogP contribution in [0.2, 0.25) is 0 Å². The lowest BCUT2D eigenvalue weighted by molar-refractivity contribution is -0.114. The molecule has 2 aromatic rings. The van der Waals surface area contributed by atoms with Crippen LogP contribution in [0.25, 0.3) is 0 Å². The summed E-state index contributed by atoms with van der Waals surface area (Å²) in [5.41, 5.74) is 3.87. The van der Waals surface area contributed by atoms with Crippen molar-refractivity contribution >= 4 is 17.3 Å². The van der Waals surface area contributed by atoms with Crippen molar-refractivity contribution in [2.45, 2.75) is 20.4 Å². The molecule has 5 heteroatoms. The molecule has 1 aromatic heterocycles. The average molecular weight is 256 g/mol. The maximum atomic E-state index is 11.0. The van der Waals surface area contributed by atoms with Gasteiger partial charge in [-0.3, -0.25) is 4.79 Å². The molecule has 0 unspecified atom stereocenters. The van der Waals surface area contributed by atoms with E-state index >= 15 is 0 Å². The Morgan fingerprint density at radius 1 is 1.26 bits per heavy atom. The van der Waals surface area contributed by atoms with Crippen molar-refractivity contribution in [2.24, 2.45) is 0 Å².